The van der Waals surface area contributed by atoms with Crippen LogP contribution in [-0.4, -0.2) is 28.1 Å². The summed E-state index contributed by atoms with van der Waals surface area (Å²) in [5.74, 6) is -0.748. The number of nitrogens with zero attached hydrogens (tertiary/aromatic N) is 2. The topological polar surface area (TPSA) is 91.6 Å². The van der Waals surface area contributed by atoms with Gasteiger partial charge in [-0.2, -0.15) is 0 Å². The van der Waals surface area contributed by atoms with Crippen LogP contribution in [0.2, 0.25) is 0 Å². The molecule has 0 amide bonds. The van der Waals surface area contributed by atoms with E-state index in [4.69, 9.17) is 9.47 Å². The lowest BCUT2D eigenvalue weighted by Crippen LogP contribution is -2.24. The van der Waals surface area contributed by atoms with Crippen LogP contribution >= 0.6 is 0 Å². The number of esters is 1. The third-order valence-corrected chi connectivity index (χ3v) is 1.91. The Bertz CT molecular complexity index is 467. The minimum atomic E-state index is -0.636. The van der Waals surface area contributed by atoms with Gasteiger partial charge in [0.1, 0.15) is 11.8 Å². The molecule has 0 bridgehead atoms. The van der Waals surface area contributed by atoms with Gasteiger partial charge < -0.3 is 19.6 Å². The van der Waals surface area contributed by atoms with E-state index in [0.29, 0.717) is 0 Å². The van der Waals surface area contributed by atoms with Crippen molar-refractivity contribution >= 4 is 11.8 Å². The molecule has 0 fully saturated rings. The van der Waals surface area contributed by atoms with Crippen LogP contribution in [0, 0.1) is 10.1 Å². The molecule has 1 aromatic heterocycles. The molecule has 1 heterocycles. The largest absolute Gasteiger partial charge is 0.485 e. The molecule has 0 aromatic carbocycles. The van der Waals surface area contributed by atoms with Crippen molar-refractivity contribution in [2.75, 3.05) is 6.61 Å². The maximum absolute atomic E-state index is 11.4. The van der Waals surface area contributed by atoms with Crippen LogP contribution in [0.3, 0.4) is 0 Å². The first-order valence-electron chi connectivity index (χ1n) is 5.73. The predicted octanol–water partition coefficient (Wildman–Crippen LogP) is 2.10. The predicted molar refractivity (Wildman–Crippen MR) is 66.8 cm³/mol. The van der Waals surface area contributed by atoms with Gasteiger partial charge in [-0.3, -0.25) is 4.79 Å². The molecule has 7 nitrogen and oxygen atoms in total. The fraction of sp³-hybridized carbons (Fsp3) is 0.500. The molecule has 1 rings (SSSR count). The van der Waals surface area contributed by atoms with Crippen molar-refractivity contribution in [1.82, 2.24) is 4.98 Å². The summed E-state index contributed by atoms with van der Waals surface area (Å²) in [6.07, 6.45) is 1.32. The van der Waals surface area contributed by atoms with Gasteiger partial charge in [-0.15, -0.1) is 0 Å². The van der Waals surface area contributed by atoms with Crippen molar-refractivity contribution in [2.45, 2.75) is 32.8 Å². The Morgan fingerprint density at radius 1 is 1.47 bits per heavy atom. The number of hydrogen-bond acceptors (Lipinski definition) is 6. The zero-order chi connectivity index (χ0) is 14.5. The van der Waals surface area contributed by atoms with Crippen molar-refractivity contribution in [2.24, 2.45) is 0 Å². The number of nitro groups is 1. The lowest BCUT2D eigenvalue weighted by molar-refractivity contribution is -0.390. The average molecular weight is 268 g/mol. The standard InChI is InChI=1S/C12H16N2O5/c1-12(2,3)19-10(15)6-8-18-9-5-4-7-13-11(9)14(16)17/h4-5,7H,6,8H2,1-3H3. The summed E-state index contributed by atoms with van der Waals surface area (Å²) in [5, 5.41) is 10.7. The number of carbonyl (C=O) groups is 1. The molecule has 104 valence electrons. The van der Waals surface area contributed by atoms with Gasteiger partial charge in [0.05, 0.1) is 13.0 Å². The smallest absolute Gasteiger partial charge is 0.406 e. The fourth-order valence-electron chi connectivity index (χ4n) is 1.27. The number of hydrogen-bond donors (Lipinski definition) is 0. The molecule has 0 unspecified atom stereocenters. The first-order chi connectivity index (χ1) is 8.79. The Morgan fingerprint density at radius 3 is 2.74 bits per heavy atom. The van der Waals surface area contributed by atoms with Gasteiger partial charge >= 0.3 is 11.8 Å². The Kier molecular flexibility index (Phi) is 4.80. The molecule has 7 heteroatoms. The SMILES string of the molecule is CC(C)(C)OC(=O)CCOc1cccnc1[N+](=O)[O-]. The Morgan fingerprint density at radius 2 is 2.16 bits per heavy atom. The summed E-state index contributed by atoms with van der Waals surface area (Å²) in [5.41, 5.74) is -0.558. The van der Waals surface area contributed by atoms with Crippen molar-refractivity contribution in [3.63, 3.8) is 0 Å². The Hall–Kier alpha value is -2.18. The molecular weight excluding hydrogens is 252 g/mol. The van der Waals surface area contributed by atoms with E-state index in [1.54, 1.807) is 20.8 Å². The quantitative estimate of drug-likeness (QED) is 0.461. The van der Waals surface area contributed by atoms with Crippen LogP contribution < -0.4 is 4.74 Å². The lowest BCUT2D eigenvalue weighted by atomic mass is 10.2. The first kappa shape index (κ1) is 14.9. The van der Waals surface area contributed by atoms with Crippen molar-refractivity contribution in [3.05, 3.63) is 28.4 Å². The Labute approximate surface area is 110 Å². The summed E-state index contributed by atoms with van der Waals surface area (Å²) in [4.78, 5) is 25.1. The van der Waals surface area contributed by atoms with E-state index >= 15 is 0 Å². The third-order valence-electron chi connectivity index (χ3n) is 1.91. The minimum Gasteiger partial charge on any atom is -0.485 e. The molecule has 0 saturated heterocycles. The maximum atomic E-state index is 11.4. The molecule has 0 radical (unpaired) electrons. The van der Waals surface area contributed by atoms with E-state index < -0.39 is 16.5 Å². The monoisotopic (exact) mass is 268 g/mol. The summed E-state index contributed by atoms with van der Waals surface area (Å²) >= 11 is 0. The van der Waals surface area contributed by atoms with Gasteiger partial charge in [0.2, 0.25) is 5.75 Å². The number of ether oxygens (including phenoxy) is 2. The van der Waals surface area contributed by atoms with E-state index in [1.165, 1.54) is 18.3 Å². The molecule has 0 aliphatic carbocycles. The van der Waals surface area contributed by atoms with Gasteiger partial charge in [0, 0.05) is 0 Å². The third kappa shape index (κ3) is 5.33. The second kappa shape index (κ2) is 6.12. The first-order valence-corrected chi connectivity index (χ1v) is 5.73. The number of rotatable bonds is 5. The highest BCUT2D eigenvalue weighted by Crippen LogP contribution is 2.22. The van der Waals surface area contributed by atoms with Crippen molar-refractivity contribution in [3.8, 4) is 5.75 Å². The minimum absolute atomic E-state index is 0.00144. The lowest BCUT2D eigenvalue weighted by Gasteiger charge is -2.19. The maximum Gasteiger partial charge on any atom is 0.406 e. The summed E-state index contributed by atoms with van der Waals surface area (Å²) < 4.78 is 10.3. The van der Waals surface area contributed by atoms with Crippen LogP contribution in [-0.2, 0) is 9.53 Å². The van der Waals surface area contributed by atoms with Crippen LogP contribution in [0.25, 0.3) is 0 Å². The Balaban J connectivity index is 2.50. The molecular formula is C12H16N2O5. The van der Waals surface area contributed by atoms with Crippen molar-refractivity contribution < 1.29 is 19.2 Å². The summed E-state index contributed by atoms with van der Waals surface area (Å²) in [6.45, 7) is 5.29. The zero-order valence-corrected chi connectivity index (χ0v) is 11.1. The van der Waals surface area contributed by atoms with Gasteiger partial charge in [-0.25, -0.2) is 0 Å². The summed E-state index contributed by atoms with van der Waals surface area (Å²) in [7, 11) is 0. The van der Waals surface area contributed by atoms with Gasteiger partial charge in [0.15, 0.2) is 0 Å². The average Bonchev–Trinajstić information content (AvgIpc) is 2.27. The number of carbonyl (C=O) groups excluding carboxylic acids is 1. The number of aromatic nitrogens is 1. The van der Waals surface area contributed by atoms with Gasteiger partial charge in [-0.1, -0.05) is 0 Å². The van der Waals surface area contributed by atoms with E-state index in [1.807, 2.05) is 0 Å². The van der Waals surface area contributed by atoms with Gasteiger partial charge in [0.25, 0.3) is 0 Å². The highest BCUT2D eigenvalue weighted by Gasteiger charge is 2.18. The summed E-state index contributed by atoms with van der Waals surface area (Å²) in [6, 6.07) is 2.95. The molecule has 0 saturated carbocycles. The van der Waals surface area contributed by atoms with E-state index in [-0.39, 0.29) is 24.6 Å². The van der Waals surface area contributed by atoms with Crippen LogP contribution in [0.5, 0.6) is 5.75 Å². The van der Waals surface area contributed by atoms with E-state index in [9.17, 15) is 14.9 Å². The molecule has 0 spiro atoms. The van der Waals surface area contributed by atoms with Crippen LogP contribution in [0.4, 0.5) is 5.82 Å². The fourth-order valence-corrected chi connectivity index (χ4v) is 1.27. The molecule has 1 aromatic rings. The number of pyridine rings is 1. The van der Waals surface area contributed by atoms with E-state index in [2.05, 4.69) is 4.98 Å². The van der Waals surface area contributed by atoms with Crippen LogP contribution in [0.1, 0.15) is 27.2 Å². The molecule has 0 aliphatic heterocycles. The molecule has 19 heavy (non-hydrogen) atoms. The van der Waals surface area contributed by atoms with E-state index in [0.717, 1.165) is 0 Å². The second-order valence-corrected chi connectivity index (χ2v) is 4.77. The molecule has 0 aliphatic rings. The highest BCUT2D eigenvalue weighted by atomic mass is 16.6. The molecule has 0 atom stereocenters. The zero-order valence-electron chi connectivity index (χ0n) is 11.1. The van der Waals surface area contributed by atoms with Crippen molar-refractivity contribution in [1.29, 1.82) is 0 Å². The molecule has 0 N–H and O–H groups in total. The van der Waals surface area contributed by atoms with Gasteiger partial charge in [-0.05, 0) is 42.8 Å². The van der Waals surface area contributed by atoms with Crippen LogP contribution in [0.15, 0.2) is 18.3 Å². The second-order valence-electron chi connectivity index (χ2n) is 4.77. The normalized spacial score (nSPS) is 10.9. The highest BCUT2D eigenvalue weighted by molar-refractivity contribution is 5.70.